The Morgan fingerprint density at radius 3 is 2.29 bits per heavy atom. The van der Waals surface area contributed by atoms with Gasteiger partial charge >= 0.3 is 0 Å². The number of halogens is 3. The molecule has 1 amide bonds. The van der Waals surface area contributed by atoms with E-state index < -0.39 is 28.9 Å². The van der Waals surface area contributed by atoms with Gasteiger partial charge in [0.2, 0.25) is 0 Å². The molecule has 0 bridgehead atoms. The van der Waals surface area contributed by atoms with Crippen molar-refractivity contribution in [3.8, 4) is 16.9 Å². The van der Waals surface area contributed by atoms with Crippen LogP contribution in [0.15, 0.2) is 85.1 Å². The number of ether oxygens (including phenoxy) is 1. The molecule has 0 aliphatic rings. The summed E-state index contributed by atoms with van der Waals surface area (Å²) in [5.74, 6) is -1.36. The van der Waals surface area contributed by atoms with Crippen LogP contribution >= 0.6 is 0 Å². The summed E-state index contributed by atoms with van der Waals surface area (Å²) in [7, 11) is 0. The maximum absolute atomic E-state index is 14.9. The van der Waals surface area contributed by atoms with Crippen LogP contribution in [0.3, 0.4) is 0 Å². The highest BCUT2D eigenvalue weighted by Crippen LogP contribution is 2.41. The zero-order valence-corrected chi connectivity index (χ0v) is 23.6. The third-order valence-corrected chi connectivity index (χ3v) is 6.88. The smallest absolute Gasteiger partial charge is 0.261 e. The second-order valence-electron chi connectivity index (χ2n) is 11.1. The van der Waals surface area contributed by atoms with Gasteiger partial charge in [0.15, 0.2) is 6.61 Å². The minimum absolute atomic E-state index is 0.144. The summed E-state index contributed by atoms with van der Waals surface area (Å²) < 4.78 is 50.2. The fourth-order valence-electron chi connectivity index (χ4n) is 5.03. The van der Waals surface area contributed by atoms with Crippen LogP contribution in [0.5, 0.6) is 5.75 Å². The van der Waals surface area contributed by atoms with Gasteiger partial charge in [0, 0.05) is 36.1 Å². The van der Waals surface area contributed by atoms with Gasteiger partial charge in [-0.1, -0.05) is 51.1 Å². The molecule has 0 aliphatic carbocycles. The van der Waals surface area contributed by atoms with E-state index in [2.05, 4.69) is 0 Å². The number of hydrogen-bond donors (Lipinski definition) is 1. The van der Waals surface area contributed by atoms with Gasteiger partial charge in [-0.15, -0.1) is 0 Å². The lowest BCUT2D eigenvalue weighted by molar-refractivity contribution is -0.138. The van der Waals surface area contributed by atoms with Crippen molar-refractivity contribution >= 4 is 5.91 Å². The van der Waals surface area contributed by atoms with Gasteiger partial charge in [-0.3, -0.25) is 4.79 Å². The van der Waals surface area contributed by atoms with E-state index >= 15 is 0 Å². The minimum Gasteiger partial charge on any atom is -0.484 e. The molecule has 216 valence electrons. The predicted octanol–water partition coefficient (Wildman–Crippen LogP) is 6.96. The second-order valence-corrected chi connectivity index (χ2v) is 11.1. The number of aromatic nitrogens is 1. The van der Waals surface area contributed by atoms with Gasteiger partial charge in [-0.05, 0) is 72.5 Å². The molecule has 1 aromatic heterocycles. The Kier molecular flexibility index (Phi) is 9.55. The molecule has 0 unspecified atom stereocenters. The quantitative estimate of drug-likeness (QED) is 0.215. The van der Waals surface area contributed by atoms with E-state index in [1.807, 2.05) is 61.7 Å². The molecule has 8 heteroatoms. The number of amides is 1. The zero-order chi connectivity index (χ0) is 29.6. The topological polar surface area (TPSA) is 60.5 Å². The van der Waals surface area contributed by atoms with Crippen LogP contribution in [-0.2, 0) is 11.3 Å². The Hall–Kier alpha value is -4.04. The van der Waals surface area contributed by atoms with Gasteiger partial charge in [-0.25, -0.2) is 13.2 Å². The van der Waals surface area contributed by atoms with Crippen molar-refractivity contribution < 1.29 is 22.7 Å². The summed E-state index contributed by atoms with van der Waals surface area (Å²) in [4.78, 5) is 15.5. The fraction of sp³-hybridized carbons (Fsp3) is 0.303. The van der Waals surface area contributed by atoms with E-state index in [1.54, 1.807) is 11.1 Å². The highest BCUT2D eigenvalue weighted by atomic mass is 19.1. The summed E-state index contributed by atoms with van der Waals surface area (Å²) in [5.41, 5.74) is 7.83. The predicted molar refractivity (Wildman–Crippen MR) is 155 cm³/mol. The summed E-state index contributed by atoms with van der Waals surface area (Å²) >= 11 is 0. The molecule has 0 saturated heterocycles. The number of nitrogens with two attached hydrogens (primary N) is 1. The van der Waals surface area contributed by atoms with Gasteiger partial charge in [0.05, 0.1) is 6.04 Å². The molecule has 4 rings (SSSR count). The third-order valence-electron chi connectivity index (χ3n) is 6.88. The molecule has 0 saturated carbocycles. The van der Waals surface area contributed by atoms with Gasteiger partial charge in [-0.2, -0.15) is 0 Å². The normalized spacial score (nSPS) is 12.3. The van der Waals surface area contributed by atoms with Crippen LogP contribution in [0.2, 0.25) is 0 Å². The molecule has 0 fully saturated rings. The number of rotatable bonds is 11. The number of hydrogen-bond acceptors (Lipinski definition) is 3. The van der Waals surface area contributed by atoms with Crippen LogP contribution < -0.4 is 10.5 Å². The average molecular weight is 564 g/mol. The van der Waals surface area contributed by atoms with E-state index in [0.717, 1.165) is 23.4 Å². The first-order chi connectivity index (χ1) is 19.6. The molecule has 2 N–H and O–H groups in total. The number of benzene rings is 3. The van der Waals surface area contributed by atoms with E-state index in [1.165, 1.54) is 30.3 Å². The average Bonchev–Trinajstić information content (AvgIpc) is 3.34. The monoisotopic (exact) mass is 563 g/mol. The Morgan fingerprint density at radius 1 is 0.951 bits per heavy atom. The van der Waals surface area contributed by atoms with Crippen LogP contribution in [0.1, 0.15) is 44.5 Å². The van der Waals surface area contributed by atoms with Crippen molar-refractivity contribution in [2.75, 3.05) is 19.7 Å². The van der Waals surface area contributed by atoms with Crippen LogP contribution in [0, 0.1) is 22.9 Å². The van der Waals surface area contributed by atoms with Gasteiger partial charge < -0.3 is 19.9 Å². The van der Waals surface area contributed by atoms with Crippen LogP contribution in [0.25, 0.3) is 11.1 Å². The van der Waals surface area contributed by atoms with Crippen molar-refractivity contribution in [3.05, 3.63) is 114 Å². The summed E-state index contributed by atoms with van der Waals surface area (Å²) in [5, 5.41) is 0. The molecule has 1 heterocycles. The number of nitrogens with zero attached hydrogens (tertiary/aromatic N) is 2. The highest BCUT2D eigenvalue weighted by Gasteiger charge is 2.37. The first-order valence-corrected chi connectivity index (χ1v) is 13.6. The maximum Gasteiger partial charge on any atom is 0.261 e. The summed E-state index contributed by atoms with van der Waals surface area (Å²) in [6.45, 7) is 7.04. The molecular formula is C33H36F3N3O2. The molecule has 1 atom stereocenters. The van der Waals surface area contributed by atoms with E-state index in [9.17, 15) is 18.0 Å². The molecule has 5 nitrogen and oxygen atoms in total. The lowest BCUT2D eigenvalue weighted by atomic mass is 9.83. The van der Waals surface area contributed by atoms with Crippen molar-refractivity contribution in [3.63, 3.8) is 0 Å². The first-order valence-electron chi connectivity index (χ1n) is 13.6. The Bertz CT molecular complexity index is 1450. The molecule has 4 aromatic rings. The van der Waals surface area contributed by atoms with Crippen molar-refractivity contribution in [2.24, 2.45) is 11.1 Å². The Labute approximate surface area is 239 Å². The molecule has 3 aromatic carbocycles. The number of carbonyl (C=O) groups excluding carboxylic acids is 1. The molecule has 0 spiro atoms. The minimum atomic E-state index is -0.538. The van der Waals surface area contributed by atoms with Crippen molar-refractivity contribution in [1.29, 1.82) is 0 Å². The molecular weight excluding hydrogens is 527 g/mol. The zero-order valence-electron chi connectivity index (χ0n) is 23.6. The van der Waals surface area contributed by atoms with E-state index in [-0.39, 0.29) is 18.1 Å². The maximum atomic E-state index is 14.9. The fourth-order valence-corrected chi connectivity index (χ4v) is 5.03. The van der Waals surface area contributed by atoms with Gasteiger partial charge in [0.1, 0.15) is 23.2 Å². The molecule has 0 aliphatic heterocycles. The van der Waals surface area contributed by atoms with Crippen LogP contribution in [0.4, 0.5) is 13.2 Å². The lowest BCUT2D eigenvalue weighted by Gasteiger charge is -2.41. The van der Waals surface area contributed by atoms with E-state index in [0.29, 0.717) is 37.4 Å². The Morgan fingerprint density at radius 2 is 1.63 bits per heavy atom. The number of carbonyl (C=O) groups is 1. The van der Waals surface area contributed by atoms with Crippen LogP contribution in [-0.4, -0.2) is 35.1 Å². The van der Waals surface area contributed by atoms with E-state index in [4.69, 9.17) is 10.5 Å². The molecule has 0 radical (unpaired) electrons. The second kappa shape index (κ2) is 13.1. The summed E-state index contributed by atoms with van der Waals surface area (Å²) in [6.07, 6.45) is 2.36. The Balaban J connectivity index is 1.78. The standard InChI is InChI=1S/C33H36F3N3O2/c1-33(2,3)32(39(17-7-16-37)31(40)22-41-27-13-10-25(34)11-14-27)30-18-24(28-19-26(35)12-15-29(28)36)21-38(30)20-23-8-5-4-6-9-23/h4-6,8-15,18-19,21,32H,7,16-17,20,22,37H2,1-3H3/t32-/m0/s1. The van der Waals surface area contributed by atoms with Crippen molar-refractivity contribution in [1.82, 2.24) is 9.47 Å². The largest absolute Gasteiger partial charge is 0.484 e. The third kappa shape index (κ3) is 7.58. The highest BCUT2D eigenvalue weighted by molar-refractivity contribution is 5.78. The van der Waals surface area contributed by atoms with Crippen molar-refractivity contribution in [2.45, 2.75) is 39.8 Å². The lowest BCUT2D eigenvalue weighted by Crippen LogP contribution is -2.45. The first kappa shape index (κ1) is 29.9. The summed E-state index contributed by atoms with van der Waals surface area (Å²) in [6, 6.07) is 20.0. The SMILES string of the molecule is CC(C)(C)[C@H](c1cc(-c2cc(F)ccc2F)cn1Cc1ccccc1)N(CCCN)C(=O)COc1ccc(F)cc1. The molecule has 41 heavy (non-hydrogen) atoms. The van der Waals surface area contributed by atoms with Gasteiger partial charge in [0.25, 0.3) is 5.91 Å².